The van der Waals surface area contributed by atoms with Gasteiger partial charge in [-0.25, -0.2) is 14.8 Å². The molecule has 0 radical (unpaired) electrons. The second-order valence-corrected chi connectivity index (χ2v) is 7.63. The Morgan fingerprint density at radius 1 is 1.19 bits per heavy atom. The maximum absolute atomic E-state index is 12.4. The van der Waals surface area contributed by atoms with E-state index in [0.717, 1.165) is 23.1 Å². The molecule has 0 amide bonds. The third kappa shape index (κ3) is 3.47. The number of nitrogen functional groups attached to an aromatic ring is 1. The molecule has 2 heterocycles. The van der Waals surface area contributed by atoms with Gasteiger partial charge in [0.1, 0.15) is 22.0 Å². The number of nitrogens with two attached hydrogens (primary N) is 1. The van der Waals surface area contributed by atoms with E-state index in [1.807, 2.05) is 0 Å². The normalized spacial score (nSPS) is 13.8. The predicted octanol–water partition coefficient (Wildman–Crippen LogP) is 3.91. The zero-order valence-electron chi connectivity index (χ0n) is 15.2. The molecule has 1 aromatic carbocycles. The van der Waals surface area contributed by atoms with Gasteiger partial charge in [-0.3, -0.25) is 0 Å². The smallest absolute Gasteiger partial charge is 0.342 e. The zero-order valence-corrected chi connectivity index (χ0v) is 16.0. The highest BCUT2D eigenvalue weighted by Crippen LogP contribution is 2.37. The minimum Gasteiger partial charge on any atom is -0.496 e. The molecule has 0 unspecified atom stereocenters. The highest BCUT2D eigenvalue weighted by Gasteiger charge is 2.20. The van der Waals surface area contributed by atoms with Gasteiger partial charge in [0, 0.05) is 4.88 Å². The first-order valence-corrected chi connectivity index (χ1v) is 9.86. The molecule has 0 fully saturated rings. The number of esters is 1. The number of ether oxygens (including phenoxy) is 2. The second-order valence-electron chi connectivity index (χ2n) is 6.55. The van der Waals surface area contributed by atoms with Gasteiger partial charge in [0.25, 0.3) is 0 Å². The molecule has 0 atom stereocenters. The summed E-state index contributed by atoms with van der Waals surface area (Å²) >= 11 is 1.69. The molecular formula is C20H21N3O3S. The van der Waals surface area contributed by atoms with Crippen LogP contribution in [0.25, 0.3) is 10.2 Å². The van der Waals surface area contributed by atoms with E-state index < -0.39 is 5.97 Å². The Morgan fingerprint density at radius 2 is 2.00 bits per heavy atom. The first-order valence-electron chi connectivity index (χ1n) is 9.04. The van der Waals surface area contributed by atoms with E-state index in [9.17, 15) is 4.79 Å². The third-order valence-corrected chi connectivity index (χ3v) is 5.98. The number of benzene rings is 1. The molecule has 0 bridgehead atoms. The van der Waals surface area contributed by atoms with Gasteiger partial charge in [0.15, 0.2) is 12.4 Å². The highest BCUT2D eigenvalue weighted by atomic mass is 32.1. The van der Waals surface area contributed by atoms with Gasteiger partial charge in [-0.05, 0) is 43.4 Å². The Bertz CT molecular complexity index is 1000. The van der Waals surface area contributed by atoms with Crippen molar-refractivity contribution in [1.82, 2.24) is 9.97 Å². The molecular weight excluding hydrogens is 362 g/mol. The predicted molar refractivity (Wildman–Crippen MR) is 105 cm³/mol. The van der Waals surface area contributed by atoms with E-state index in [1.165, 1.54) is 36.8 Å². The second kappa shape index (κ2) is 7.52. The lowest BCUT2D eigenvalue weighted by Gasteiger charge is -2.08. The number of anilines is 1. The largest absolute Gasteiger partial charge is 0.496 e. The fourth-order valence-corrected chi connectivity index (χ4v) is 4.78. The molecule has 0 spiro atoms. The van der Waals surface area contributed by atoms with Crippen LogP contribution in [0.2, 0.25) is 0 Å². The topological polar surface area (TPSA) is 87.3 Å². The Balaban J connectivity index is 1.57. The van der Waals surface area contributed by atoms with Gasteiger partial charge in [-0.15, -0.1) is 11.3 Å². The fraction of sp³-hybridized carbons (Fsp3) is 0.350. The molecule has 0 saturated carbocycles. The van der Waals surface area contributed by atoms with E-state index in [4.69, 9.17) is 15.2 Å². The molecule has 6 nitrogen and oxygen atoms in total. The van der Waals surface area contributed by atoms with Gasteiger partial charge < -0.3 is 15.2 Å². The molecule has 1 aliphatic rings. The van der Waals surface area contributed by atoms with Crippen molar-refractivity contribution in [3.63, 3.8) is 0 Å². The SMILES string of the molecule is COc1ccccc1C(=O)OCc1nc(N)c2c3c(sc2n1)CCCCC3. The number of para-hydroxylation sites is 1. The average molecular weight is 383 g/mol. The molecule has 0 saturated heterocycles. The maximum atomic E-state index is 12.4. The third-order valence-electron chi connectivity index (χ3n) is 4.80. The van der Waals surface area contributed by atoms with Crippen molar-refractivity contribution >= 4 is 33.3 Å². The molecule has 7 heteroatoms. The van der Waals surface area contributed by atoms with E-state index in [1.54, 1.807) is 35.6 Å². The average Bonchev–Trinajstić information content (AvgIpc) is 2.88. The minimum absolute atomic E-state index is 0.0282. The lowest BCUT2D eigenvalue weighted by molar-refractivity contribution is 0.0459. The standard InChI is InChI=1S/C20H21N3O3S/c1-25-14-9-6-5-7-12(14)20(24)26-11-16-22-18(21)17-13-8-3-2-4-10-15(13)27-19(17)23-16/h5-7,9H,2-4,8,10-11H2,1H3,(H2,21,22,23). The lowest BCUT2D eigenvalue weighted by atomic mass is 10.1. The Labute approximate surface area is 161 Å². The number of methoxy groups -OCH3 is 1. The maximum Gasteiger partial charge on any atom is 0.342 e. The van der Waals surface area contributed by atoms with Crippen LogP contribution in [-0.2, 0) is 24.2 Å². The molecule has 1 aliphatic carbocycles. The van der Waals surface area contributed by atoms with Crippen LogP contribution in [0, 0.1) is 0 Å². The van der Waals surface area contributed by atoms with Gasteiger partial charge >= 0.3 is 5.97 Å². The van der Waals surface area contributed by atoms with Crippen molar-refractivity contribution in [2.45, 2.75) is 38.7 Å². The van der Waals surface area contributed by atoms with Crippen molar-refractivity contribution in [2.75, 3.05) is 12.8 Å². The number of thiophene rings is 1. The molecule has 2 N–H and O–H groups in total. The first-order chi connectivity index (χ1) is 13.2. The fourth-order valence-electron chi connectivity index (χ4n) is 3.49. The van der Waals surface area contributed by atoms with Crippen LogP contribution in [0.15, 0.2) is 24.3 Å². The summed E-state index contributed by atoms with van der Waals surface area (Å²) in [7, 11) is 1.52. The van der Waals surface area contributed by atoms with Gasteiger partial charge in [-0.2, -0.15) is 0 Å². The van der Waals surface area contributed by atoms with Crippen LogP contribution >= 0.6 is 11.3 Å². The van der Waals surface area contributed by atoms with E-state index in [0.29, 0.717) is 23.0 Å². The number of carbonyl (C=O) groups excluding carboxylic acids is 1. The quantitative estimate of drug-likeness (QED) is 0.543. The molecule has 140 valence electrons. The number of carbonyl (C=O) groups is 1. The van der Waals surface area contributed by atoms with Crippen LogP contribution in [0.5, 0.6) is 5.75 Å². The summed E-state index contributed by atoms with van der Waals surface area (Å²) in [5.74, 6) is 0.888. The Hall–Kier alpha value is -2.67. The van der Waals surface area contributed by atoms with E-state index >= 15 is 0 Å². The summed E-state index contributed by atoms with van der Waals surface area (Å²) in [5.41, 5.74) is 7.91. The number of aryl methyl sites for hydroxylation is 2. The summed E-state index contributed by atoms with van der Waals surface area (Å²) in [5, 5.41) is 0.983. The van der Waals surface area contributed by atoms with Crippen LogP contribution in [0.4, 0.5) is 5.82 Å². The summed E-state index contributed by atoms with van der Waals surface area (Å²) in [6, 6.07) is 6.94. The summed E-state index contributed by atoms with van der Waals surface area (Å²) < 4.78 is 10.6. The lowest BCUT2D eigenvalue weighted by Crippen LogP contribution is -2.09. The summed E-state index contributed by atoms with van der Waals surface area (Å²) in [4.78, 5) is 23.6. The van der Waals surface area contributed by atoms with Crippen molar-refractivity contribution in [3.05, 3.63) is 46.1 Å². The van der Waals surface area contributed by atoms with Crippen molar-refractivity contribution < 1.29 is 14.3 Å². The monoisotopic (exact) mass is 383 g/mol. The number of fused-ring (bicyclic) bond motifs is 3. The number of hydrogen-bond donors (Lipinski definition) is 1. The van der Waals surface area contributed by atoms with Crippen LogP contribution in [0.3, 0.4) is 0 Å². The molecule has 2 aromatic heterocycles. The van der Waals surface area contributed by atoms with Gasteiger partial charge in [-0.1, -0.05) is 18.6 Å². The van der Waals surface area contributed by atoms with Crippen molar-refractivity contribution in [3.8, 4) is 5.75 Å². The molecule has 27 heavy (non-hydrogen) atoms. The van der Waals surface area contributed by atoms with Gasteiger partial charge in [0.05, 0.1) is 12.5 Å². The van der Waals surface area contributed by atoms with Crippen molar-refractivity contribution in [1.29, 1.82) is 0 Å². The summed E-state index contributed by atoms with van der Waals surface area (Å²) in [6.07, 6.45) is 5.74. The number of hydrogen-bond acceptors (Lipinski definition) is 7. The first kappa shape index (κ1) is 17.7. The molecule has 3 aromatic rings. The Morgan fingerprint density at radius 3 is 2.85 bits per heavy atom. The van der Waals surface area contributed by atoms with Crippen LogP contribution in [-0.4, -0.2) is 23.0 Å². The van der Waals surface area contributed by atoms with E-state index in [-0.39, 0.29) is 6.61 Å². The summed E-state index contributed by atoms with van der Waals surface area (Å²) in [6.45, 7) is -0.0282. The van der Waals surface area contributed by atoms with Crippen LogP contribution < -0.4 is 10.5 Å². The number of nitrogens with zero attached hydrogens (tertiary/aromatic N) is 2. The minimum atomic E-state index is -0.475. The molecule has 0 aliphatic heterocycles. The van der Waals surface area contributed by atoms with Crippen LogP contribution in [0.1, 0.15) is 45.9 Å². The number of rotatable bonds is 4. The molecule has 4 rings (SSSR count). The number of aromatic nitrogens is 2. The highest BCUT2D eigenvalue weighted by molar-refractivity contribution is 7.19. The van der Waals surface area contributed by atoms with Gasteiger partial charge in [0.2, 0.25) is 0 Å². The van der Waals surface area contributed by atoms with E-state index in [2.05, 4.69) is 9.97 Å². The Kier molecular flexibility index (Phi) is 4.94. The van der Waals surface area contributed by atoms with Crippen molar-refractivity contribution in [2.24, 2.45) is 0 Å². The zero-order chi connectivity index (χ0) is 18.8.